The van der Waals surface area contributed by atoms with Crippen LogP contribution in [-0.4, -0.2) is 33.0 Å². The van der Waals surface area contributed by atoms with Crippen molar-refractivity contribution in [2.75, 3.05) is 6.54 Å². The van der Waals surface area contributed by atoms with Crippen molar-refractivity contribution in [3.05, 3.63) is 53.6 Å². The van der Waals surface area contributed by atoms with Crippen LogP contribution in [-0.2, 0) is 6.42 Å². The third-order valence-corrected chi connectivity index (χ3v) is 3.45. The van der Waals surface area contributed by atoms with E-state index in [1.807, 2.05) is 19.1 Å². The van der Waals surface area contributed by atoms with Crippen LogP contribution in [0.15, 0.2) is 42.5 Å². The third kappa shape index (κ3) is 4.65. The van der Waals surface area contributed by atoms with Crippen molar-refractivity contribution in [1.29, 1.82) is 0 Å². The Morgan fingerprint density at radius 2 is 1.50 bits per heavy atom. The first-order valence-corrected chi connectivity index (χ1v) is 7.16. The molecule has 2 aromatic carbocycles. The van der Waals surface area contributed by atoms with Gasteiger partial charge in [-0.2, -0.15) is 0 Å². The summed E-state index contributed by atoms with van der Waals surface area (Å²) >= 11 is 0. The van der Waals surface area contributed by atoms with E-state index in [0.29, 0.717) is 12.1 Å². The quantitative estimate of drug-likeness (QED) is 0.563. The summed E-state index contributed by atoms with van der Waals surface area (Å²) in [5.74, 6) is 0.0841. The molecule has 0 aliphatic carbocycles. The lowest BCUT2D eigenvalue weighted by Gasteiger charge is -2.18. The summed E-state index contributed by atoms with van der Waals surface area (Å²) in [6, 6.07) is 11.2. The molecule has 0 spiro atoms. The molecule has 0 radical (unpaired) electrons. The second kappa shape index (κ2) is 7.15. The molecule has 5 nitrogen and oxygen atoms in total. The van der Waals surface area contributed by atoms with E-state index in [2.05, 4.69) is 5.32 Å². The second-order valence-corrected chi connectivity index (χ2v) is 5.48. The summed E-state index contributed by atoms with van der Waals surface area (Å²) in [6.07, 6.45) is -0.0570. The highest BCUT2D eigenvalue weighted by atomic mass is 16.3. The molecule has 2 rings (SSSR count). The smallest absolute Gasteiger partial charge is 0.119 e. The van der Waals surface area contributed by atoms with Gasteiger partial charge in [0.1, 0.15) is 17.2 Å². The van der Waals surface area contributed by atoms with Gasteiger partial charge in [-0.3, -0.25) is 0 Å². The lowest BCUT2D eigenvalue weighted by molar-refractivity contribution is 0.170. The molecule has 0 aromatic heterocycles. The van der Waals surface area contributed by atoms with Gasteiger partial charge in [-0.1, -0.05) is 12.1 Å². The van der Waals surface area contributed by atoms with Crippen molar-refractivity contribution in [3.63, 3.8) is 0 Å². The topological polar surface area (TPSA) is 93.0 Å². The number of aromatic hydroxyl groups is 3. The maximum Gasteiger partial charge on any atom is 0.119 e. The van der Waals surface area contributed by atoms with Crippen molar-refractivity contribution < 1.29 is 20.4 Å². The molecule has 0 fully saturated rings. The van der Waals surface area contributed by atoms with Crippen LogP contribution in [0.4, 0.5) is 0 Å². The fourth-order valence-corrected chi connectivity index (χ4v) is 2.30. The summed E-state index contributed by atoms with van der Waals surface area (Å²) in [7, 11) is 0. The zero-order chi connectivity index (χ0) is 16.1. The molecule has 5 heteroatoms. The molecule has 0 saturated heterocycles. The Hall–Kier alpha value is -2.24. The second-order valence-electron chi connectivity index (χ2n) is 5.48. The van der Waals surface area contributed by atoms with Crippen molar-refractivity contribution in [2.24, 2.45) is 0 Å². The zero-order valence-corrected chi connectivity index (χ0v) is 12.4. The van der Waals surface area contributed by atoms with E-state index >= 15 is 0 Å². The minimum absolute atomic E-state index is 0.0776. The van der Waals surface area contributed by atoms with Crippen LogP contribution in [0.2, 0.25) is 0 Å². The molecule has 22 heavy (non-hydrogen) atoms. The van der Waals surface area contributed by atoms with Crippen LogP contribution in [0.1, 0.15) is 24.2 Å². The summed E-state index contributed by atoms with van der Waals surface area (Å²) < 4.78 is 0. The number of nitrogens with one attached hydrogen (secondary N) is 1. The highest BCUT2D eigenvalue weighted by Crippen LogP contribution is 2.24. The first kappa shape index (κ1) is 16.1. The van der Waals surface area contributed by atoms with Crippen LogP contribution in [0.25, 0.3) is 0 Å². The number of phenols is 3. The average molecular weight is 303 g/mol. The molecule has 0 saturated carbocycles. The van der Waals surface area contributed by atoms with Crippen molar-refractivity contribution in [3.8, 4) is 17.2 Å². The minimum Gasteiger partial charge on any atom is -0.508 e. The van der Waals surface area contributed by atoms with Gasteiger partial charge in [-0.25, -0.2) is 0 Å². The van der Waals surface area contributed by atoms with Crippen LogP contribution in [0.3, 0.4) is 0 Å². The molecule has 0 aliphatic rings. The molecule has 0 bridgehead atoms. The van der Waals surface area contributed by atoms with Gasteiger partial charge in [-0.05, 0) is 48.7 Å². The summed E-state index contributed by atoms with van der Waals surface area (Å²) in [6.45, 7) is 2.31. The highest BCUT2D eigenvalue weighted by molar-refractivity contribution is 5.37. The Bertz CT molecular complexity index is 592. The maximum atomic E-state index is 10.1. The van der Waals surface area contributed by atoms with Crippen molar-refractivity contribution >= 4 is 0 Å². The van der Waals surface area contributed by atoms with Gasteiger partial charge in [0.25, 0.3) is 0 Å². The Morgan fingerprint density at radius 1 is 0.909 bits per heavy atom. The van der Waals surface area contributed by atoms with Crippen molar-refractivity contribution in [1.82, 2.24) is 5.32 Å². The van der Waals surface area contributed by atoms with Gasteiger partial charge >= 0.3 is 0 Å². The fraction of sp³-hybridized carbons (Fsp3) is 0.294. The Morgan fingerprint density at radius 3 is 2.09 bits per heavy atom. The number of aliphatic hydroxyl groups excluding tert-OH is 1. The van der Waals surface area contributed by atoms with Crippen LogP contribution < -0.4 is 5.32 Å². The molecular weight excluding hydrogens is 282 g/mol. The summed E-state index contributed by atoms with van der Waals surface area (Å²) in [4.78, 5) is 0. The standard InChI is InChI=1S/C17H21NO4/c1-11(6-12-2-4-14(19)5-3-12)18-10-17(22)13-7-15(20)9-16(21)8-13/h2-5,7-9,11,17-22H,6,10H2,1H3/t11?,17-/m0/s1. The van der Waals surface area contributed by atoms with Crippen LogP contribution >= 0.6 is 0 Å². The Balaban J connectivity index is 1.87. The summed E-state index contributed by atoms with van der Waals surface area (Å²) in [5, 5.41) is 41.4. The largest absolute Gasteiger partial charge is 0.508 e. The lowest BCUT2D eigenvalue weighted by Crippen LogP contribution is -2.32. The van der Waals surface area contributed by atoms with E-state index in [1.165, 1.54) is 18.2 Å². The molecular formula is C17H21NO4. The minimum atomic E-state index is -0.819. The number of rotatable bonds is 6. The van der Waals surface area contributed by atoms with E-state index in [1.54, 1.807) is 12.1 Å². The molecule has 118 valence electrons. The van der Waals surface area contributed by atoms with E-state index in [-0.39, 0.29) is 23.3 Å². The molecule has 2 atom stereocenters. The van der Waals surface area contributed by atoms with Gasteiger partial charge in [-0.15, -0.1) is 0 Å². The van der Waals surface area contributed by atoms with Gasteiger partial charge in [0.05, 0.1) is 6.10 Å². The number of aliphatic hydroxyl groups is 1. The van der Waals surface area contributed by atoms with Crippen LogP contribution in [0.5, 0.6) is 17.2 Å². The van der Waals surface area contributed by atoms with Crippen LogP contribution in [0, 0.1) is 0 Å². The van der Waals surface area contributed by atoms with Crippen molar-refractivity contribution in [2.45, 2.75) is 25.5 Å². The maximum absolute atomic E-state index is 10.1. The van der Waals surface area contributed by atoms with E-state index in [4.69, 9.17) is 0 Å². The van der Waals surface area contributed by atoms with E-state index < -0.39 is 6.10 Å². The predicted octanol–water partition coefficient (Wildman–Crippen LogP) is 2.06. The summed E-state index contributed by atoms with van der Waals surface area (Å²) in [5.41, 5.74) is 1.55. The number of phenolic OH excluding ortho intramolecular Hbond substituents is 3. The molecule has 5 N–H and O–H groups in total. The third-order valence-electron chi connectivity index (χ3n) is 3.45. The Labute approximate surface area is 129 Å². The number of benzene rings is 2. The molecule has 1 unspecified atom stereocenters. The Kier molecular flexibility index (Phi) is 5.25. The molecule has 0 aliphatic heterocycles. The monoisotopic (exact) mass is 303 g/mol. The van der Waals surface area contributed by atoms with Gasteiger partial charge in [0.2, 0.25) is 0 Å². The highest BCUT2D eigenvalue weighted by Gasteiger charge is 2.12. The van der Waals surface area contributed by atoms with Gasteiger partial charge in [0, 0.05) is 18.7 Å². The number of hydrogen-bond acceptors (Lipinski definition) is 5. The van der Waals surface area contributed by atoms with E-state index in [0.717, 1.165) is 12.0 Å². The predicted molar refractivity (Wildman–Crippen MR) is 84.0 cm³/mol. The first-order chi connectivity index (χ1) is 10.4. The lowest BCUT2D eigenvalue weighted by atomic mass is 10.1. The first-order valence-electron chi connectivity index (χ1n) is 7.16. The molecule has 2 aromatic rings. The zero-order valence-electron chi connectivity index (χ0n) is 12.4. The number of hydrogen-bond donors (Lipinski definition) is 5. The average Bonchev–Trinajstić information content (AvgIpc) is 2.46. The molecule has 0 heterocycles. The molecule has 0 amide bonds. The fourth-order valence-electron chi connectivity index (χ4n) is 2.30. The van der Waals surface area contributed by atoms with E-state index in [9.17, 15) is 20.4 Å². The SMILES string of the molecule is CC(Cc1ccc(O)cc1)NC[C@H](O)c1cc(O)cc(O)c1. The van der Waals surface area contributed by atoms with Gasteiger partial charge in [0.15, 0.2) is 0 Å². The van der Waals surface area contributed by atoms with Gasteiger partial charge < -0.3 is 25.7 Å². The normalized spacial score (nSPS) is 13.7.